The second-order valence-corrected chi connectivity index (χ2v) is 9.58. The van der Waals surface area contributed by atoms with Gasteiger partial charge in [0.05, 0.1) is 11.8 Å². The molecule has 4 rings (SSSR count). The SMILES string of the molecule is CC.Cc1cc(N2CCC(C#N)CC2)c2c(C)cn(C3=CCC=C(C(C)C)C=C3Br)c2n1. The van der Waals surface area contributed by atoms with Crippen LogP contribution in [0.25, 0.3) is 16.7 Å². The molecule has 1 aliphatic heterocycles. The zero-order chi connectivity index (χ0) is 23.4. The fourth-order valence-corrected chi connectivity index (χ4v) is 5.11. The quantitative estimate of drug-likeness (QED) is 0.442. The molecule has 2 aliphatic rings. The number of hydrogen-bond donors (Lipinski definition) is 0. The van der Waals surface area contributed by atoms with Gasteiger partial charge in [-0.05, 0) is 78.2 Å². The Hall–Kier alpha value is -2.32. The van der Waals surface area contributed by atoms with Gasteiger partial charge in [0.2, 0.25) is 0 Å². The highest BCUT2D eigenvalue weighted by Gasteiger charge is 2.24. The lowest BCUT2D eigenvalue weighted by atomic mass is 9.97. The second kappa shape index (κ2) is 10.5. The molecule has 3 heterocycles. The molecule has 0 spiro atoms. The summed E-state index contributed by atoms with van der Waals surface area (Å²) in [5, 5.41) is 10.5. The van der Waals surface area contributed by atoms with Crippen LogP contribution < -0.4 is 4.90 Å². The fraction of sp³-hybridized carbons (Fsp3) is 0.481. The molecule has 1 aliphatic carbocycles. The number of piperidine rings is 1. The first-order valence-electron chi connectivity index (χ1n) is 11.8. The number of rotatable bonds is 3. The molecule has 0 amide bonds. The maximum atomic E-state index is 9.25. The molecule has 2 aromatic rings. The molecule has 4 nitrogen and oxygen atoms in total. The van der Waals surface area contributed by atoms with Crippen molar-refractivity contribution >= 4 is 38.3 Å². The Balaban J connectivity index is 0.00000141. The van der Waals surface area contributed by atoms with Crippen molar-refractivity contribution in [3.63, 3.8) is 0 Å². The molecule has 0 aromatic carbocycles. The summed E-state index contributed by atoms with van der Waals surface area (Å²) in [5.41, 5.74) is 7.01. The van der Waals surface area contributed by atoms with E-state index in [4.69, 9.17) is 4.98 Å². The number of nitrogens with zero attached hydrogens (tertiary/aromatic N) is 4. The van der Waals surface area contributed by atoms with Crippen LogP contribution in [0.2, 0.25) is 0 Å². The summed E-state index contributed by atoms with van der Waals surface area (Å²) in [6.45, 7) is 14.6. The zero-order valence-corrected chi connectivity index (χ0v) is 21.8. The molecule has 1 saturated heterocycles. The van der Waals surface area contributed by atoms with Gasteiger partial charge >= 0.3 is 0 Å². The number of anilines is 1. The van der Waals surface area contributed by atoms with Crippen LogP contribution in [0.5, 0.6) is 0 Å². The number of halogens is 1. The maximum absolute atomic E-state index is 9.25. The van der Waals surface area contributed by atoms with Gasteiger partial charge in [-0.25, -0.2) is 4.98 Å². The molecule has 5 heteroatoms. The Kier molecular flexibility index (Phi) is 8.00. The van der Waals surface area contributed by atoms with Crippen LogP contribution in [0.1, 0.15) is 58.2 Å². The molecule has 0 N–H and O–H groups in total. The summed E-state index contributed by atoms with van der Waals surface area (Å²) in [6.07, 6.45) is 11.8. The normalized spacial score (nSPS) is 17.2. The van der Waals surface area contributed by atoms with Crippen molar-refractivity contribution < 1.29 is 0 Å². The number of nitriles is 1. The van der Waals surface area contributed by atoms with Gasteiger partial charge in [-0.2, -0.15) is 5.26 Å². The summed E-state index contributed by atoms with van der Waals surface area (Å²) in [5.74, 6) is 0.682. The van der Waals surface area contributed by atoms with E-state index >= 15 is 0 Å². The Morgan fingerprint density at radius 1 is 1.16 bits per heavy atom. The summed E-state index contributed by atoms with van der Waals surface area (Å²) >= 11 is 3.84. The van der Waals surface area contributed by atoms with E-state index in [1.807, 2.05) is 13.8 Å². The monoisotopic (exact) mass is 494 g/mol. The Morgan fingerprint density at radius 3 is 2.47 bits per heavy atom. The van der Waals surface area contributed by atoms with E-state index in [1.165, 1.54) is 22.2 Å². The fourth-order valence-electron chi connectivity index (χ4n) is 4.49. The number of hydrogen-bond acceptors (Lipinski definition) is 3. The van der Waals surface area contributed by atoms with Gasteiger partial charge in [0.1, 0.15) is 5.65 Å². The van der Waals surface area contributed by atoms with Gasteiger partial charge < -0.3 is 9.47 Å². The molecule has 0 radical (unpaired) electrons. The first kappa shape index (κ1) is 24.3. The average Bonchev–Trinajstić information content (AvgIpc) is 2.98. The van der Waals surface area contributed by atoms with Gasteiger partial charge in [-0.15, -0.1) is 0 Å². The lowest BCUT2D eigenvalue weighted by molar-refractivity contribution is 0.488. The van der Waals surface area contributed by atoms with Crippen molar-refractivity contribution in [2.75, 3.05) is 18.0 Å². The minimum atomic E-state index is 0.185. The summed E-state index contributed by atoms with van der Waals surface area (Å²) in [4.78, 5) is 7.39. The highest BCUT2D eigenvalue weighted by molar-refractivity contribution is 9.12. The largest absolute Gasteiger partial charge is 0.371 e. The van der Waals surface area contributed by atoms with E-state index in [0.29, 0.717) is 5.92 Å². The lowest BCUT2D eigenvalue weighted by Gasteiger charge is -2.32. The van der Waals surface area contributed by atoms with Crippen LogP contribution in [-0.4, -0.2) is 22.6 Å². The maximum Gasteiger partial charge on any atom is 0.147 e. The number of pyridine rings is 1. The molecular formula is C27H35BrN4. The molecule has 0 saturated carbocycles. The predicted octanol–water partition coefficient (Wildman–Crippen LogP) is 7.53. The number of aromatic nitrogens is 2. The van der Waals surface area contributed by atoms with Gasteiger partial charge in [-0.1, -0.05) is 39.8 Å². The molecular weight excluding hydrogens is 460 g/mol. The van der Waals surface area contributed by atoms with Crippen LogP contribution in [0, 0.1) is 37.0 Å². The van der Waals surface area contributed by atoms with Crippen LogP contribution >= 0.6 is 15.9 Å². The van der Waals surface area contributed by atoms with Crippen LogP contribution in [0.3, 0.4) is 0 Å². The Labute approximate surface area is 201 Å². The lowest BCUT2D eigenvalue weighted by Crippen LogP contribution is -2.33. The van der Waals surface area contributed by atoms with Crippen molar-refractivity contribution in [3.8, 4) is 6.07 Å². The third kappa shape index (κ3) is 4.86. The molecule has 0 bridgehead atoms. The number of fused-ring (bicyclic) bond motifs is 1. The molecule has 0 unspecified atom stereocenters. The minimum Gasteiger partial charge on any atom is -0.371 e. The van der Waals surface area contributed by atoms with Crippen LogP contribution in [0.15, 0.2) is 40.5 Å². The molecule has 170 valence electrons. The van der Waals surface area contributed by atoms with Crippen molar-refractivity contribution in [1.29, 1.82) is 5.26 Å². The van der Waals surface area contributed by atoms with Crippen LogP contribution in [-0.2, 0) is 0 Å². The molecule has 0 atom stereocenters. The minimum absolute atomic E-state index is 0.185. The molecule has 2 aromatic heterocycles. The topological polar surface area (TPSA) is 44.9 Å². The van der Waals surface area contributed by atoms with Crippen molar-refractivity contribution in [2.24, 2.45) is 11.8 Å². The van der Waals surface area contributed by atoms with E-state index in [2.05, 4.69) is 89.7 Å². The van der Waals surface area contributed by atoms with E-state index in [1.54, 1.807) is 0 Å². The van der Waals surface area contributed by atoms with Crippen molar-refractivity contribution in [1.82, 2.24) is 9.55 Å². The number of allylic oxidation sites excluding steroid dienone is 6. The first-order valence-corrected chi connectivity index (χ1v) is 12.6. The Bertz CT molecular complexity index is 1100. The third-order valence-corrected chi connectivity index (χ3v) is 6.84. The smallest absolute Gasteiger partial charge is 0.147 e. The van der Waals surface area contributed by atoms with E-state index in [-0.39, 0.29) is 5.92 Å². The van der Waals surface area contributed by atoms with E-state index < -0.39 is 0 Å². The summed E-state index contributed by atoms with van der Waals surface area (Å²) < 4.78 is 3.33. The highest BCUT2D eigenvalue weighted by atomic mass is 79.9. The van der Waals surface area contributed by atoms with Gasteiger partial charge in [0.25, 0.3) is 0 Å². The second-order valence-electron chi connectivity index (χ2n) is 8.73. The first-order chi connectivity index (χ1) is 15.4. The van der Waals surface area contributed by atoms with E-state index in [9.17, 15) is 5.26 Å². The molecule has 32 heavy (non-hydrogen) atoms. The van der Waals surface area contributed by atoms with Crippen LogP contribution in [0.4, 0.5) is 5.69 Å². The molecule has 1 fully saturated rings. The third-order valence-electron chi connectivity index (χ3n) is 6.20. The van der Waals surface area contributed by atoms with E-state index in [0.717, 1.165) is 53.9 Å². The highest BCUT2D eigenvalue weighted by Crippen LogP contribution is 2.37. The summed E-state index contributed by atoms with van der Waals surface area (Å²) in [7, 11) is 0. The predicted molar refractivity (Wildman–Crippen MR) is 140 cm³/mol. The number of aryl methyl sites for hydroxylation is 2. The Morgan fingerprint density at radius 2 is 1.84 bits per heavy atom. The van der Waals surface area contributed by atoms with Gasteiger partial charge in [0.15, 0.2) is 0 Å². The average molecular weight is 496 g/mol. The van der Waals surface area contributed by atoms with Gasteiger partial charge in [-0.3, -0.25) is 0 Å². The van der Waals surface area contributed by atoms with Crippen molar-refractivity contribution in [3.05, 3.63) is 51.8 Å². The van der Waals surface area contributed by atoms with Crippen molar-refractivity contribution in [2.45, 2.75) is 60.8 Å². The standard InChI is InChI=1S/C25H29BrN4.C2H6/c1-16(2)20-6-5-7-22(21(26)13-20)30-15-17(3)24-23(12-18(4)28-25(24)30)29-10-8-19(14-27)9-11-29;1-2/h6-7,12-13,15-16,19H,5,8-11H2,1-4H3;1-2H3. The zero-order valence-electron chi connectivity index (χ0n) is 20.2. The summed E-state index contributed by atoms with van der Waals surface area (Å²) in [6, 6.07) is 4.64. The van der Waals surface area contributed by atoms with Gasteiger partial charge in [0, 0.05) is 46.5 Å².